The number of hydrogen-bond donors (Lipinski definition) is 1. The van der Waals surface area contributed by atoms with Gasteiger partial charge >= 0.3 is 0 Å². The Labute approximate surface area is 90.2 Å². The van der Waals surface area contributed by atoms with Gasteiger partial charge in [0.2, 0.25) is 5.91 Å². The molecule has 2 aliphatic rings. The molecule has 1 amide bonds. The van der Waals surface area contributed by atoms with Crippen molar-refractivity contribution in [2.75, 3.05) is 5.75 Å². The molecule has 2 rings (SSSR count). The lowest BCUT2D eigenvalue weighted by Gasteiger charge is -2.38. The fourth-order valence-electron chi connectivity index (χ4n) is 2.99. The highest BCUT2D eigenvalue weighted by molar-refractivity contribution is 8.00. The summed E-state index contributed by atoms with van der Waals surface area (Å²) in [6, 6.07) is 0. The molecular formula is C11H19NOS. The second-order valence-corrected chi connectivity index (χ2v) is 6.92. The molecule has 14 heavy (non-hydrogen) atoms. The van der Waals surface area contributed by atoms with Gasteiger partial charge in [0.05, 0.1) is 0 Å². The van der Waals surface area contributed by atoms with E-state index in [4.69, 9.17) is 0 Å². The molecule has 0 aliphatic carbocycles. The third kappa shape index (κ3) is 1.56. The summed E-state index contributed by atoms with van der Waals surface area (Å²) < 4.78 is 0.322. The summed E-state index contributed by atoms with van der Waals surface area (Å²) >= 11 is 2.05. The number of carbonyl (C=O) groups excluding carboxylic acids is 1. The average Bonchev–Trinajstić information content (AvgIpc) is 2.56. The van der Waals surface area contributed by atoms with Crippen molar-refractivity contribution in [2.45, 2.75) is 50.3 Å². The van der Waals surface area contributed by atoms with E-state index >= 15 is 0 Å². The second-order valence-electron chi connectivity index (χ2n) is 5.29. The fraction of sp³-hybridized carbons (Fsp3) is 0.909. The molecule has 0 aromatic rings. The first-order valence-corrected chi connectivity index (χ1v) is 6.38. The largest absolute Gasteiger partial charge is 0.351 e. The lowest BCUT2D eigenvalue weighted by atomic mass is 9.77. The minimum absolute atomic E-state index is 0.0107. The van der Waals surface area contributed by atoms with Gasteiger partial charge in [-0.1, -0.05) is 6.92 Å². The molecule has 3 heteroatoms. The summed E-state index contributed by atoms with van der Waals surface area (Å²) in [6.45, 7) is 6.65. The molecule has 0 aromatic carbocycles. The van der Waals surface area contributed by atoms with Crippen molar-refractivity contribution in [3.63, 3.8) is 0 Å². The maximum Gasteiger partial charge on any atom is 0.220 e. The molecule has 2 unspecified atom stereocenters. The molecule has 2 nitrogen and oxygen atoms in total. The second kappa shape index (κ2) is 3.16. The van der Waals surface area contributed by atoms with Crippen molar-refractivity contribution < 1.29 is 4.79 Å². The topological polar surface area (TPSA) is 29.1 Å². The third-order valence-corrected chi connectivity index (χ3v) is 5.35. The number of nitrogens with one attached hydrogen (secondary N) is 1. The quantitative estimate of drug-likeness (QED) is 0.723. The van der Waals surface area contributed by atoms with Crippen molar-refractivity contribution in [1.29, 1.82) is 0 Å². The summed E-state index contributed by atoms with van der Waals surface area (Å²) in [4.78, 5) is 11.4. The number of rotatable bonds is 1. The summed E-state index contributed by atoms with van der Waals surface area (Å²) in [6.07, 6.45) is 3.29. The van der Waals surface area contributed by atoms with Gasteiger partial charge in [0.25, 0.3) is 0 Å². The maximum atomic E-state index is 11.4. The highest BCUT2D eigenvalue weighted by atomic mass is 32.2. The minimum atomic E-state index is -0.0107. The van der Waals surface area contributed by atoms with Crippen LogP contribution in [0, 0.1) is 5.92 Å². The van der Waals surface area contributed by atoms with Crippen LogP contribution < -0.4 is 5.32 Å². The molecule has 2 saturated heterocycles. The van der Waals surface area contributed by atoms with Crippen molar-refractivity contribution in [3.8, 4) is 0 Å². The number of hydrogen-bond acceptors (Lipinski definition) is 2. The Hall–Kier alpha value is -0.180. The third-order valence-electron chi connectivity index (χ3n) is 3.71. The zero-order chi connectivity index (χ0) is 10.4. The zero-order valence-corrected chi connectivity index (χ0v) is 10.0. The minimum Gasteiger partial charge on any atom is -0.351 e. The Kier molecular flexibility index (Phi) is 2.33. The van der Waals surface area contributed by atoms with E-state index in [0.717, 1.165) is 6.42 Å². The first-order chi connectivity index (χ1) is 6.44. The predicted molar refractivity (Wildman–Crippen MR) is 60.4 cm³/mol. The molecular weight excluding hydrogens is 194 g/mol. The van der Waals surface area contributed by atoms with Crippen LogP contribution >= 0.6 is 11.8 Å². The van der Waals surface area contributed by atoms with Gasteiger partial charge in [-0.3, -0.25) is 4.79 Å². The Morgan fingerprint density at radius 2 is 2.14 bits per heavy atom. The van der Waals surface area contributed by atoms with E-state index in [1.54, 1.807) is 0 Å². The molecule has 0 radical (unpaired) electrons. The van der Waals surface area contributed by atoms with Crippen molar-refractivity contribution in [2.24, 2.45) is 5.92 Å². The van der Waals surface area contributed by atoms with Crippen LogP contribution in [0.2, 0.25) is 0 Å². The standard InChI is InChI=1S/C11H19NOS/c1-10(2)8(7-9(13)12-10)11(3)5-4-6-14-11/h8H,4-7H2,1-3H3,(H,12,13). The van der Waals surface area contributed by atoms with E-state index < -0.39 is 0 Å². The Bertz CT molecular complexity index is 256. The van der Waals surface area contributed by atoms with Gasteiger partial charge in [-0.05, 0) is 32.4 Å². The monoisotopic (exact) mass is 213 g/mol. The van der Waals surface area contributed by atoms with E-state index in [-0.39, 0.29) is 11.4 Å². The zero-order valence-electron chi connectivity index (χ0n) is 9.22. The van der Waals surface area contributed by atoms with Gasteiger partial charge in [0.15, 0.2) is 0 Å². The summed E-state index contributed by atoms with van der Waals surface area (Å²) in [5.41, 5.74) is -0.0107. The predicted octanol–water partition coefficient (Wildman–Crippen LogP) is 2.19. The van der Waals surface area contributed by atoms with Crippen molar-refractivity contribution in [1.82, 2.24) is 5.32 Å². The van der Waals surface area contributed by atoms with Gasteiger partial charge in [-0.2, -0.15) is 11.8 Å². The van der Waals surface area contributed by atoms with E-state index in [1.807, 2.05) is 0 Å². The average molecular weight is 213 g/mol. The molecule has 2 aliphatic heterocycles. The van der Waals surface area contributed by atoms with Gasteiger partial charge in [0.1, 0.15) is 0 Å². The van der Waals surface area contributed by atoms with Crippen LogP contribution in [0.4, 0.5) is 0 Å². The molecule has 0 spiro atoms. The van der Waals surface area contributed by atoms with Gasteiger partial charge in [0, 0.05) is 22.6 Å². The smallest absolute Gasteiger partial charge is 0.220 e. The fourth-order valence-corrected chi connectivity index (χ4v) is 4.62. The van der Waals surface area contributed by atoms with E-state index in [9.17, 15) is 4.79 Å². The van der Waals surface area contributed by atoms with E-state index in [1.165, 1.54) is 18.6 Å². The van der Waals surface area contributed by atoms with Crippen molar-refractivity contribution in [3.05, 3.63) is 0 Å². The molecule has 2 fully saturated rings. The van der Waals surface area contributed by atoms with Crippen LogP contribution in [0.15, 0.2) is 0 Å². The van der Waals surface area contributed by atoms with Crippen LogP contribution in [0.25, 0.3) is 0 Å². The Balaban J connectivity index is 2.21. The highest BCUT2D eigenvalue weighted by Gasteiger charge is 2.50. The van der Waals surface area contributed by atoms with Gasteiger partial charge in [-0.15, -0.1) is 0 Å². The molecule has 0 bridgehead atoms. The maximum absolute atomic E-state index is 11.4. The van der Waals surface area contributed by atoms with Crippen LogP contribution in [-0.4, -0.2) is 21.9 Å². The van der Waals surface area contributed by atoms with E-state index in [0.29, 0.717) is 10.7 Å². The summed E-state index contributed by atoms with van der Waals surface area (Å²) in [7, 11) is 0. The first kappa shape index (κ1) is 10.3. The molecule has 0 saturated carbocycles. The van der Waals surface area contributed by atoms with Crippen LogP contribution in [0.3, 0.4) is 0 Å². The van der Waals surface area contributed by atoms with Crippen LogP contribution in [-0.2, 0) is 4.79 Å². The lowest BCUT2D eigenvalue weighted by Crippen LogP contribution is -2.46. The van der Waals surface area contributed by atoms with Gasteiger partial charge in [-0.25, -0.2) is 0 Å². The normalized spacial score (nSPS) is 41.4. The highest BCUT2D eigenvalue weighted by Crippen LogP contribution is 2.50. The summed E-state index contributed by atoms with van der Waals surface area (Å²) in [5, 5.41) is 3.09. The lowest BCUT2D eigenvalue weighted by molar-refractivity contribution is -0.119. The number of carbonyl (C=O) groups is 1. The molecule has 80 valence electrons. The SMILES string of the molecule is CC1(C)NC(=O)CC1C1(C)CCCS1. The molecule has 2 atom stereocenters. The van der Waals surface area contributed by atoms with E-state index in [2.05, 4.69) is 37.8 Å². The van der Waals surface area contributed by atoms with Crippen LogP contribution in [0.5, 0.6) is 0 Å². The van der Waals surface area contributed by atoms with Crippen LogP contribution in [0.1, 0.15) is 40.0 Å². The summed E-state index contributed by atoms with van der Waals surface area (Å²) in [5.74, 6) is 1.99. The Morgan fingerprint density at radius 3 is 2.57 bits per heavy atom. The number of thioether (sulfide) groups is 1. The molecule has 1 N–H and O–H groups in total. The molecule has 0 aromatic heterocycles. The van der Waals surface area contributed by atoms with Gasteiger partial charge < -0.3 is 5.32 Å². The first-order valence-electron chi connectivity index (χ1n) is 5.39. The molecule has 2 heterocycles. The Morgan fingerprint density at radius 1 is 1.43 bits per heavy atom. The van der Waals surface area contributed by atoms with Crippen molar-refractivity contribution >= 4 is 17.7 Å². The number of amides is 1.